The number of rotatable bonds is 6. The van der Waals surface area contributed by atoms with E-state index in [9.17, 15) is 23.1 Å². The highest BCUT2D eigenvalue weighted by Gasteiger charge is 2.40. The number of aromatic nitrogens is 2. The number of carbonyl (C=O) groups is 1. The number of H-pyrrole nitrogens is 1. The molecule has 2 fully saturated rings. The van der Waals surface area contributed by atoms with E-state index < -0.39 is 21.1 Å². The molecule has 1 unspecified atom stereocenters. The summed E-state index contributed by atoms with van der Waals surface area (Å²) in [4.78, 5) is 36.9. The number of aromatic amines is 1. The van der Waals surface area contributed by atoms with Gasteiger partial charge < -0.3 is 19.9 Å². The maximum atomic E-state index is 13.2. The molecule has 41 heavy (non-hydrogen) atoms. The molecule has 2 N–H and O–H groups in total. The molecule has 0 spiro atoms. The lowest BCUT2D eigenvalue weighted by Gasteiger charge is -2.27. The summed E-state index contributed by atoms with van der Waals surface area (Å²) in [5.41, 5.74) is 3.36. The van der Waals surface area contributed by atoms with Gasteiger partial charge in [-0.1, -0.05) is 36.1 Å². The van der Waals surface area contributed by atoms with Gasteiger partial charge in [0.2, 0.25) is 5.75 Å². The number of nitrogens with one attached hydrogen (secondary N) is 1. The molecule has 214 valence electrons. The summed E-state index contributed by atoms with van der Waals surface area (Å²) in [6, 6.07) is 15.4. The first kappa shape index (κ1) is 28.4. The van der Waals surface area contributed by atoms with Crippen LogP contribution in [-0.2, 0) is 22.9 Å². The molecule has 2 aliphatic heterocycles. The first-order valence-electron chi connectivity index (χ1n) is 13.6. The van der Waals surface area contributed by atoms with E-state index in [1.165, 1.54) is 6.33 Å². The van der Waals surface area contributed by atoms with Crippen LogP contribution in [0.15, 0.2) is 59.7 Å². The maximum absolute atomic E-state index is 13.2. The van der Waals surface area contributed by atoms with E-state index in [2.05, 4.69) is 26.7 Å². The van der Waals surface area contributed by atoms with Gasteiger partial charge in [-0.15, -0.1) is 0 Å². The Morgan fingerprint density at radius 2 is 1.59 bits per heavy atom. The fraction of sp³-hybridized carbons (Fsp3) is 0.367. The topological polar surface area (TPSA) is 127 Å². The van der Waals surface area contributed by atoms with E-state index in [0.29, 0.717) is 19.6 Å². The normalized spacial score (nSPS) is 18.9. The molecule has 0 radical (unpaired) electrons. The summed E-state index contributed by atoms with van der Waals surface area (Å²) in [7, 11) is -2.88. The third-order valence-corrected chi connectivity index (χ3v) is 9.07. The van der Waals surface area contributed by atoms with Gasteiger partial charge in [-0.05, 0) is 49.2 Å². The molecule has 11 heteroatoms. The Hall–Kier alpha value is -4.14. The maximum Gasteiger partial charge on any atom is 0.321 e. The predicted octanol–water partition coefficient (Wildman–Crippen LogP) is 2.49. The van der Waals surface area contributed by atoms with Gasteiger partial charge in [-0.25, -0.2) is 18.2 Å². The Morgan fingerprint density at radius 3 is 2.20 bits per heavy atom. The molecule has 5 rings (SSSR count). The second-order valence-electron chi connectivity index (χ2n) is 10.7. The van der Waals surface area contributed by atoms with Gasteiger partial charge >= 0.3 is 6.03 Å². The van der Waals surface area contributed by atoms with Crippen LogP contribution >= 0.6 is 0 Å². The molecule has 0 saturated carbocycles. The summed E-state index contributed by atoms with van der Waals surface area (Å²) >= 11 is 0. The molecule has 2 aromatic carbocycles. The van der Waals surface area contributed by atoms with Crippen LogP contribution in [0.4, 0.5) is 4.79 Å². The molecule has 0 aliphatic carbocycles. The highest BCUT2D eigenvalue weighted by atomic mass is 32.2. The van der Waals surface area contributed by atoms with E-state index >= 15 is 0 Å². The number of amides is 2. The number of hydrogen-bond acceptors (Lipinski definition) is 7. The quantitative estimate of drug-likeness (QED) is 0.433. The number of benzene rings is 2. The van der Waals surface area contributed by atoms with Crippen molar-refractivity contribution in [2.24, 2.45) is 0 Å². The minimum atomic E-state index is -2.88. The third-order valence-electron chi connectivity index (χ3n) is 7.47. The zero-order valence-electron chi connectivity index (χ0n) is 23.1. The number of hydrogen-bond donors (Lipinski definition) is 2. The molecule has 2 amide bonds. The zero-order valence-corrected chi connectivity index (χ0v) is 23.9. The number of sulfone groups is 1. The van der Waals surface area contributed by atoms with E-state index in [1.54, 1.807) is 9.80 Å². The first-order valence-corrected chi connectivity index (χ1v) is 15.4. The molecular formula is C30H33N5O5S. The Morgan fingerprint density at radius 1 is 0.976 bits per heavy atom. The number of carbonyl (C=O) groups excluding carboxylic acids is 1. The van der Waals surface area contributed by atoms with Gasteiger partial charge in [0, 0.05) is 43.3 Å². The molecule has 1 atom stereocenters. The minimum absolute atomic E-state index is 0.0383. The van der Waals surface area contributed by atoms with Gasteiger partial charge in [0.25, 0.3) is 5.56 Å². The van der Waals surface area contributed by atoms with Crippen LogP contribution in [0.3, 0.4) is 0 Å². The van der Waals surface area contributed by atoms with Crippen molar-refractivity contribution < 1.29 is 18.3 Å². The Balaban J connectivity index is 1.24. The standard InChI is InChI=1S/C30H33N5O5S/c1-21(2)35-27(19-34(30(35)38)18-26-28(36)29(37)32-20-31-26)25-11-9-23(10-12-25)4-3-22-5-7-24(8-6-22)17-33-13-15-41(39,40)16-14-33/h5-12,20-21,27,36H,13-19H2,1-2H3,(H,31,32,37). The Bertz CT molecular complexity index is 1630. The highest BCUT2D eigenvalue weighted by Crippen LogP contribution is 2.33. The lowest BCUT2D eigenvalue weighted by molar-refractivity contribution is 0.171. The molecule has 1 aromatic heterocycles. The molecule has 2 aliphatic rings. The minimum Gasteiger partial charge on any atom is -0.502 e. The molecular weight excluding hydrogens is 542 g/mol. The summed E-state index contributed by atoms with van der Waals surface area (Å²) < 4.78 is 23.3. The highest BCUT2D eigenvalue weighted by molar-refractivity contribution is 7.91. The fourth-order valence-electron chi connectivity index (χ4n) is 5.17. The van der Waals surface area contributed by atoms with Gasteiger partial charge in [0.15, 0.2) is 9.84 Å². The van der Waals surface area contributed by atoms with E-state index in [0.717, 1.165) is 28.8 Å². The van der Waals surface area contributed by atoms with Crippen molar-refractivity contribution in [3.63, 3.8) is 0 Å². The first-order chi connectivity index (χ1) is 19.6. The fourth-order valence-corrected chi connectivity index (χ4v) is 6.45. The van der Waals surface area contributed by atoms with Crippen molar-refractivity contribution in [2.45, 2.75) is 39.0 Å². The average Bonchev–Trinajstić information content (AvgIpc) is 3.28. The SMILES string of the molecule is CC(C)N1C(=O)N(Cc2nc[nH]c(=O)c2O)CC1c1ccc(C#Cc2ccc(CN3CCS(=O)(=O)CC3)cc2)cc1. The number of aromatic hydroxyl groups is 1. The zero-order chi connectivity index (χ0) is 29.1. The van der Waals surface area contributed by atoms with E-state index in [-0.39, 0.29) is 41.9 Å². The number of urea groups is 1. The van der Waals surface area contributed by atoms with Crippen molar-refractivity contribution in [1.29, 1.82) is 0 Å². The van der Waals surface area contributed by atoms with Crippen LogP contribution < -0.4 is 5.56 Å². The van der Waals surface area contributed by atoms with Gasteiger partial charge in [-0.2, -0.15) is 0 Å². The summed E-state index contributed by atoms with van der Waals surface area (Å²) in [6.07, 6.45) is 1.22. The van der Waals surface area contributed by atoms with Crippen molar-refractivity contribution in [1.82, 2.24) is 24.7 Å². The van der Waals surface area contributed by atoms with Crippen LogP contribution in [0.1, 0.15) is 47.8 Å². The van der Waals surface area contributed by atoms with Crippen molar-refractivity contribution >= 4 is 15.9 Å². The van der Waals surface area contributed by atoms with E-state index in [1.807, 2.05) is 62.4 Å². The van der Waals surface area contributed by atoms with Crippen LogP contribution in [-0.4, -0.2) is 81.4 Å². The summed E-state index contributed by atoms with van der Waals surface area (Å²) in [5, 5.41) is 10.1. The number of nitrogens with zero attached hydrogens (tertiary/aromatic N) is 4. The van der Waals surface area contributed by atoms with Gasteiger partial charge in [0.05, 0.1) is 30.4 Å². The Kier molecular flexibility index (Phi) is 8.15. The van der Waals surface area contributed by atoms with Gasteiger partial charge in [0.1, 0.15) is 5.69 Å². The Labute approximate surface area is 239 Å². The van der Waals surface area contributed by atoms with Crippen LogP contribution in [0, 0.1) is 11.8 Å². The smallest absolute Gasteiger partial charge is 0.321 e. The molecule has 10 nitrogen and oxygen atoms in total. The lowest BCUT2D eigenvalue weighted by Crippen LogP contribution is -2.39. The van der Waals surface area contributed by atoms with Crippen molar-refractivity contribution in [2.75, 3.05) is 31.1 Å². The van der Waals surface area contributed by atoms with Crippen LogP contribution in [0.5, 0.6) is 5.75 Å². The van der Waals surface area contributed by atoms with E-state index in [4.69, 9.17) is 0 Å². The predicted molar refractivity (Wildman–Crippen MR) is 155 cm³/mol. The monoisotopic (exact) mass is 575 g/mol. The summed E-state index contributed by atoms with van der Waals surface area (Å²) in [6.45, 7) is 6.21. The van der Waals surface area contributed by atoms with Crippen LogP contribution in [0.25, 0.3) is 0 Å². The third kappa shape index (κ3) is 6.61. The molecule has 3 aromatic rings. The summed E-state index contributed by atoms with van der Waals surface area (Å²) in [5.74, 6) is 6.36. The van der Waals surface area contributed by atoms with Gasteiger partial charge in [-0.3, -0.25) is 9.69 Å². The second-order valence-corrected chi connectivity index (χ2v) is 13.0. The largest absolute Gasteiger partial charge is 0.502 e. The van der Waals surface area contributed by atoms with Crippen molar-refractivity contribution in [3.05, 3.63) is 93.2 Å². The van der Waals surface area contributed by atoms with Crippen molar-refractivity contribution in [3.8, 4) is 17.6 Å². The molecule has 3 heterocycles. The molecule has 0 bridgehead atoms. The lowest BCUT2D eigenvalue weighted by atomic mass is 10.0. The average molecular weight is 576 g/mol. The molecule has 2 saturated heterocycles. The van der Waals surface area contributed by atoms with Crippen LogP contribution in [0.2, 0.25) is 0 Å². The second kappa shape index (κ2) is 11.8.